The summed E-state index contributed by atoms with van der Waals surface area (Å²) in [7, 11) is 0. The number of carbonyl (C=O) groups is 1. The van der Waals surface area contributed by atoms with Gasteiger partial charge in [-0.05, 0) is 48.5 Å². The molecule has 120 valence electrons. The number of benzene rings is 2. The molecule has 3 rings (SSSR count). The molecule has 24 heavy (non-hydrogen) atoms. The summed E-state index contributed by atoms with van der Waals surface area (Å²) >= 11 is 5.90. The van der Waals surface area contributed by atoms with Crippen molar-refractivity contribution in [3.8, 4) is 11.4 Å². The van der Waals surface area contributed by atoms with Gasteiger partial charge >= 0.3 is 0 Å². The maximum atomic E-state index is 12.0. The largest absolute Gasteiger partial charge is 0.507 e. The third-order valence-electron chi connectivity index (χ3n) is 3.40. The second-order valence-electron chi connectivity index (χ2n) is 5.00. The number of aromatic nitrogens is 1. The number of hydrazone groups is 1. The summed E-state index contributed by atoms with van der Waals surface area (Å²) in [6.45, 7) is 0. The quantitative estimate of drug-likeness (QED) is 0.563. The summed E-state index contributed by atoms with van der Waals surface area (Å²) in [5.41, 5.74) is 4.29. The van der Waals surface area contributed by atoms with Crippen LogP contribution in [0.4, 0.5) is 0 Å². The Bertz CT molecular complexity index is 885. The lowest BCUT2D eigenvalue weighted by Gasteiger charge is -2.06. The Morgan fingerprint density at radius 2 is 1.83 bits per heavy atom. The van der Waals surface area contributed by atoms with E-state index in [2.05, 4.69) is 10.5 Å². The number of amides is 1. The lowest BCUT2D eigenvalue weighted by molar-refractivity contribution is 0.0952. The molecule has 3 aromatic rings. The van der Waals surface area contributed by atoms with Crippen LogP contribution in [-0.4, -0.2) is 21.8 Å². The smallest absolute Gasteiger partial charge is 0.275 e. The predicted molar refractivity (Wildman–Crippen MR) is 93.9 cm³/mol. The van der Waals surface area contributed by atoms with Crippen molar-refractivity contribution in [1.82, 2.24) is 9.99 Å². The van der Waals surface area contributed by atoms with Crippen LogP contribution < -0.4 is 5.43 Å². The van der Waals surface area contributed by atoms with Gasteiger partial charge in [0.05, 0.1) is 17.5 Å². The molecular formula is C18H14ClN3O2. The van der Waals surface area contributed by atoms with Gasteiger partial charge in [0.1, 0.15) is 5.75 Å². The van der Waals surface area contributed by atoms with Crippen LogP contribution in [0.5, 0.6) is 5.75 Å². The van der Waals surface area contributed by atoms with Crippen molar-refractivity contribution in [2.45, 2.75) is 0 Å². The van der Waals surface area contributed by atoms with E-state index >= 15 is 0 Å². The van der Waals surface area contributed by atoms with Crippen molar-refractivity contribution in [3.63, 3.8) is 0 Å². The van der Waals surface area contributed by atoms with Crippen LogP contribution in [0.2, 0.25) is 5.02 Å². The summed E-state index contributed by atoms with van der Waals surface area (Å²) in [4.78, 5) is 12.0. The normalized spacial score (nSPS) is 10.9. The summed E-state index contributed by atoms with van der Waals surface area (Å²) in [6, 6.07) is 17.4. The molecule has 0 unspecified atom stereocenters. The minimum absolute atomic E-state index is 0.0882. The molecule has 0 saturated carbocycles. The Kier molecular flexibility index (Phi) is 4.63. The van der Waals surface area contributed by atoms with Gasteiger partial charge in [-0.15, -0.1) is 0 Å². The molecule has 5 nitrogen and oxygen atoms in total. The fourth-order valence-electron chi connectivity index (χ4n) is 2.22. The van der Waals surface area contributed by atoms with Crippen LogP contribution in [-0.2, 0) is 0 Å². The summed E-state index contributed by atoms with van der Waals surface area (Å²) < 4.78 is 1.91. The Morgan fingerprint density at radius 1 is 1.08 bits per heavy atom. The van der Waals surface area contributed by atoms with Gasteiger partial charge in [-0.1, -0.05) is 23.7 Å². The van der Waals surface area contributed by atoms with Gasteiger partial charge in [0.25, 0.3) is 5.91 Å². The van der Waals surface area contributed by atoms with Gasteiger partial charge in [0, 0.05) is 16.9 Å². The average Bonchev–Trinajstić information content (AvgIpc) is 3.04. The molecule has 1 heterocycles. The number of nitrogens with one attached hydrogen (secondary N) is 1. The highest BCUT2D eigenvalue weighted by Gasteiger charge is 2.08. The van der Waals surface area contributed by atoms with Crippen LogP contribution in [0.1, 0.15) is 16.1 Å². The first-order valence-corrected chi connectivity index (χ1v) is 7.57. The number of hydrogen-bond acceptors (Lipinski definition) is 3. The lowest BCUT2D eigenvalue weighted by atomic mass is 10.2. The van der Waals surface area contributed by atoms with E-state index in [4.69, 9.17) is 11.6 Å². The summed E-state index contributed by atoms with van der Waals surface area (Å²) in [5.74, 6) is -0.566. The van der Waals surface area contributed by atoms with E-state index in [0.29, 0.717) is 5.02 Å². The van der Waals surface area contributed by atoms with E-state index in [0.717, 1.165) is 11.4 Å². The topological polar surface area (TPSA) is 66.6 Å². The molecular weight excluding hydrogens is 326 g/mol. The third kappa shape index (κ3) is 3.47. The number of phenols is 1. The zero-order valence-corrected chi connectivity index (χ0v) is 13.3. The highest BCUT2D eigenvalue weighted by atomic mass is 35.5. The summed E-state index contributed by atoms with van der Waals surface area (Å²) in [5, 5.41) is 14.3. The highest BCUT2D eigenvalue weighted by molar-refractivity contribution is 6.30. The third-order valence-corrected chi connectivity index (χ3v) is 3.65. The second-order valence-corrected chi connectivity index (χ2v) is 5.43. The molecule has 2 N–H and O–H groups in total. The molecule has 1 amide bonds. The van der Waals surface area contributed by atoms with Crippen LogP contribution in [0, 0.1) is 0 Å². The predicted octanol–water partition coefficient (Wildman–Crippen LogP) is 3.60. The molecule has 0 aliphatic rings. The van der Waals surface area contributed by atoms with Gasteiger partial charge < -0.3 is 9.67 Å². The maximum Gasteiger partial charge on any atom is 0.275 e. The number of phenolic OH excluding ortho intramolecular Hbond substituents is 1. The second kappa shape index (κ2) is 7.02. The van der Waals surface area contributed by atoms with Crippen molar-refractivity contribution in [2.75, 3.05) is 0 Å². The standard InChI is InChI=1S/C18H14ClN3O2/c19-13-7-9-14(10-8-13)22-11-3-4-15(22)12-20-21-18(24)16-5-1-2-6-17(16)23/h1-12,23H,(H,21,24)/b20-12+. The highest BCUT2D eigenvalue weighted by Crippen LogP contribution is 2.16. The number of nitrogens with zero attached hydrogens (tertiary/aromatic N) is 2. The average molecular weight is 340 g/mol. The first kappa shape index (κ1) is 15.8. The van der Waals surface area contributed by atoms with Crippen molar-refractivity contribution in [2.24, 2.45) is 5.10 Å². The molecule has 0 saturated heterocycles. The van der Waals surface area contributed by atoms with Crippen LogP contribution in [0.15, 0.2) is 72.0 Å². The zero-order valence-electron chi connectivity index (χ0n) is 12.6. The molecule has 0 aliphatic carbocycles. The molecule has 1 aromatic heterocycles. The minimum atomic E-state index is -0.478. The van der Waals surface area contributed by atoms with Crippen LogP contribution in [0.25, 0.3) is 5.69 Å². The Balaban J connectivity index is 1.74. The summed E-state index contributed by atoms with van der Waals surface area (Å²) in [6.07, 6.45) is 3.42. The number of carbonyl (C=O) groups excluding carboxylic acids is 1. The molecule has 0 radical (unpaired) electrons. The van der Waals surface area contributed by atoms with Gasteiger partial charge in [-0.2, -0.15) is 5.10 Å². The number of halogens is 1. The van der Waals surface area contributed by atoms with E-state index < -0.39 is 5.91 Å². The van der Waals surface area contributed by atoms with E-state index in [1.54, 1.807) is 24.3 Å². The molecule has 0 aliphatic heterocycles. The Morgan fingerprint density at radius 3 is 2.58 bits per heavy atom. The van der Waals surface area contributed by atoms with Gasteiger partial charge in [-0.25, -0.2) is 5.43 Å². The molecule has 0 fully saturated rings. The lowest BCUT2D eigenvalue weighted by Crippen LogP contribution is -2.17. The molecule has 0 spiro atoms. The number of aromatic hydroxyl groups is 1. The number of rotatable bonds is 4. The fourth-order valence-corrected chi connectivity index (χ4v) is 2.35. The number of para-hydroxylation sites is 1. The monoisotopic (exact) mass is 339 g/mol. The zero-order chi connectivity index (χ0) is 16.9. The van der Waals surface area contributed by atoms with Gasteiger partial charge in [0.2, 0.25) is 0 Å². The molecule has 0 atom stereocenters. The fraction of sp³-hybridized carbons (Fsp3) is 0. The van der Waals surface area contributed by atoms with Gasteiger partial charge in [0.15, 0.2) is 0 Å². The molecule has 0 bridgehead atoms. The van der Waals surface area contributed by atoms with Crippen molar-refractivity contribution < 1.29 is 9.90 Å². The molecule has 6 heteroatoms. The maximum absolute atomic E-state index is 12.0. The molecule has 2 aromatic carbocycles. The Labute approximate surface area is 143 Å². The van der Waals surface area contributed by atoms with E-state index in [9.17, 15) is 9.90 Å². The van der Waals surface area contributed by atoms with Gasteiger partial charge in [-0.3, -0.25) is 4.79 Å². The van der Waals surface area contributed by atoms with Crippen molar-refractivity contribution >= 4 is 23.7 Å². The van der Waals surface area contributed by atoms with Crippen LogP contribution >= 0.6 is 11.6 Å². The van der Waals surface area contributed by atoms with Crippen molar-refractivity contribution in [1.29, 1.82) is 0 Å². The first-order chi connectivity index (χ1) is 11.6. The Hall–Kier alpha value is -3.05. The van der Waals surface area contributed by atoms with E-state index in [-0.39, 0.29) is 11.3 Å². The first-order valence-electron chi connectivity index (χ1n) is 7.20. The van der Waals surface area contributed by atoms with Crippen LogP contribution in [0.3, 0.4) is 0 Å². The van der Waals surface area contributed by atoms with Crippen molar-refractivity contribution in [3.05, 3.63) is 83.1 Å². The number of hydrogen-bond donors (Lipinski definition) is 2. The SMILES string of the molecule is O=C(N/N=C/c1cccn1-c1ccc(Cl)cc1)c1ccccc1O. The van der Waals surface area contributed by atoms with E-state index in [1.165, 1.54) is 18.3 Å². The van der Waals surface area contributed by atoms with E-state index in [1.807, 2.05) is 35.0 Å². The minimum Gasteiger partial charge on any atom is -0.507 e.